The standard InChI is InChI=1S/C30H20F7NO3S2/c1-15-18(13-19-20(30(35,36)37)10-6-11-21(19)31)27-38(22(14-42-27)28(40)43-16-7-3-2-4-8-16)26(39)24(15)17-9-5-12-23(25(17)32)41-29(33)34/h2-12,22,29H,13-14H2,1H3. The maximum absolute atomic E-state index is 15.5. The fraction of sp³-hybridized carbons (Fsp3) is 0.200. The molecule has 0 amide bonds. The number of pyridine rings is 1. The summed E-state index contributed by atoms with van der Waals surface area (Å²) in [5.41, 5.74) is -3.54. The first-order valence-corrected chi connectivity index (χ1v) is 14.4. The van der Waals surface area contributed by atoms with Crippen LogP contribution in [-0.2, 0) is 17.4 Å². The van der Waals surface area contributed by atoms with Crippen LogP contribution in [0.15, 0.2) is 81.4 Å². The number of fused-ring (bicyclic) bond motifs is 1. The van der Waals surface area contributed by atoms with E-state index in [0.717, 1.165) is 58.4 Å². The van der Waals surface area contributed by atoms with Crippen LogP contribution in [0, 0.1) is 18.6 Å². The number of hydrogen-bond donors (Lipinski definition) is 0. The van der Waals surface area contributed by atoms with Gasteiger partial charge < -0.3 is 4.74 Å². The van der Waals surface area contributed by atoms with E-state index in [4.69, 9.17) is 0 Å². The van der Waals surface area contributed by atoms with Gasteiger partial charge in [0.05, 0.1) is 16.2 Å². The summed E-state index contributed by atoms with van der Waals surface area (Å²) >= 11 is 1.89. The van der Waals surface area contributed by atoms with Crippen LogP contribution in [0.4, 0.5) is 30.7 Å². The average molecular weight is 640 g/mol. The Labute approximate surface area is 248 Å². The Bertz CT molecular complexity index is 1760. The van der Waals surface area contributed by atoms with Gasteiger partial charge in [0.2, 0.25) is 5.12 Å². The maximum atomic E-state index is 15.5. The van der Waals surface area contributed by atoms with E-state index in [-0.39, 0.29) is 27.5 Å². The van der Waals surface area contributed by atoms with Crippen LogP contribution >= 0.6 is 23.5 Å². The van der Waals surface area contributed by atoms with Gasteiger partial charge >= 0.3 is 12.8 Å². The number of benzene rings is 3. The smallest absolute Gasteiger partial charge is 0.416 e. The third-order valence-corrected chi connectivity index (χ3v) is 9.07. The normalized spacial score (nSPS) is 14.7. The van der Waals surface area contributed by atoms with Gasteiger partial charge in [-0.25, -0.2) is 8.78 Å². The molecule has 4 nitrogen and oxygen atoms in total. The maximum Gasteiger partial charge on any atom is 0.416 e. The van der Waals surface area contributed by atoms with Gasteiger partial charge in [0, 0.05) is 28.2 Å². The van der Waals surface area contributed by atoms with E-state index in [1.54, 1.807) is 30.3 Å². The van der Waals surface area contributed by atoms with Crippen molar-refractivity contribution in [1.29, 1.82) is 0 Å². The molecule has 1 aliphatic heterocycles. The van der Waals surface area contributed by atoms with Crippen molar-refractivity contribution in [3.63, 3.8) is 0 Å². The lowest BCUT2D eigenvalue weighted by atomic mass is 9.92. The lowest BCUT2D eigenvalue weighted by molar-refractivity contribution is -0.138. The van der Waals surface area contributed by atoms with E-state index in [9.17, 15) is 35.9 Å². The second-order valence-corrected chi connectivity index (χ2v) is 11.5. The zero-order chi connectivity index (χ0) is 31.1. The van der Waals surface area contributed by atoms with Crippen LogP contribution in [0.3, 0.4) is 0 Å². The summed E-state index contributed by atoms with van der Waals surface area (Å²) in [6, 6.07) is 13.2. The number of nitrogens with zero attached hydrogens (tertiary/aromatic N) is 1. The predicted octanol–water partition coefficient (Wildman–Crippen LogP) is 8.28. The molecule has 13 heteroatoms. The lowest BCUT2D eigenvalue weighted by Gasteiger charge is -2.21. The molecule has 1 aromatic heterocycles. The number of thioether (sulfide) groups is 2. The quantitative estimate of drug-likeness (QED) is 0.151. The van der Waals surface area contributed by atoms with Gasteiger partial charge in [0.15, 0.2) is 11.6 Å². The zero-order valence-electron chi connectivity index (χ0n) is 22.1. The number of halogens is 7. The Morgan fingerprint density at radius 3 is 2.40 bits per heavy atom. The molecule has 5 rings (SSSR count). The molecule has 0 bridgehead atoms. The van der Waals surface area contributed by atoms with E-state index in [1.807, 2.05) is 0 Å². The summed E-state index contributed by atoms with van der Waals surface area (Å²) in [6.07, 6.45) is -5.56. The number of aromatic nitrogens is 1. The number of ether oxygens (including phenoxy) is 1. The van der Waals surface area contributed by atoms with E-state index in [2.05, 4.69) is 4.74 Å². The zero-order valence-corrected chi connectivity index (χ0v) is 23.7. The number of alkyl halides is 5. The van der Waals surface area contributed by atoms with Gasteiger partial charge in [0.1, 0.15) is 11.9 Å². The molecule has 1 unspecified atom stereocenters. The summed E-state index contributed by atoms with van der Waals surface area (Å²) in [6.45, 7) is -2.02. The van der Waals surface area contributed by atoms with Crippen LogP contribution in [-0.4, -0.2) is 22.0 Å². The van der Waals surface area contributed by atoms with Crippen LogP contribution in [0.5, 0.6) is 5.75 Å². The molecule has 0 spiro atoms. The Morgan fingerprint density at radius 1 is 1.02 bits per heavy atom. The van der Waals surface area contributed by atoms with E-state index >= 15 is 4.39 Å². The van der Waals surface area contributed by atoms with Crippen LogP contribution in [0.1, 0.15) is 28.3 Å². The van der Waals surface area contributed by atoms with Crippen molar-refractivity contribution < 1.29 is 40.3 Å². The minimum atomic E-state index is -4.91. The van der Waals surface area contributed by atoms with Gasteiger partial charge in [-0.3, -0.25) is 14.2 Å². The topological polar surface area (TPSA) is 48.3 Å². The van der Waals surface area contributed by atoms with Gasteiger partial charge in [-0.1, -0.05) is 36.4 Å². The summed E-state index contributed by atoms with van der Waals surface area (Å²) < 4.78 is 103. The number of hydrogen-bond acceptors (Lipinski definition) is 5. The fourth-order valence-electron chi connectivity index (χ4n) is 4.95. The Kier molecular flexibility index (Phi) is 8.66. The molecule has 0 radical (unpaired) electrons. The lowest BCUT2D eigenvalue weighted by Crippen LogP contribution is -2.30. The number of carbonyl (C=O) groups is 1. The average Bonchev–Trinajstić information content (AvgIpc) is 3.39. The summed E-state index contributed by atoms with van der Waals surface area (Å²) in [5, 5.41) is -0.326. The second-order valence-electron chi connectivity index (χ2n) is 9.46. The van der Waals surface area contributed by atoms with Crippen molar-refractivity contribution in [3.8, 4) is 16.9 Å². The summed E-state index contributed by atoms with van der Waals surface area (Å²) in [5.74, 6) is -3.27. The van der Waals surface area contributed by atoms with Crippen LogP contribution < -0.4 is 10.3 Å². The van der Waals surface area contributed by atoms with Crippen molar-refractivity contribution in [2.24, 2.45) is 0 Å². The third-order valence-electron chi connectivity index (χ3n) is 6.89. The largest absolute Gasteiger partial charge is 0.432 e. The molecule has 1 aliphatic rings. The van der Waals surface area contributed by atoms with Crippen LogP contribution in [0.25, 0.3) is 11.1 Å². The molecule has 0 N–H and O–H groups in total. The Balaban J connectivity index is 1.74. The van der Waals surface area contributed by atoms with Crippen LogP contribution in [0.2, 0.25) is 0 Å². The van der Waals surface area contributed by atoms with Crippen molar-refractivity contribution >= 4 is 28.6 Å². The molecule has 4 aromatic rings. The van der Waals surface area contributed by atoms with E-state index in [1.165, 1.54) is 13.0 Å². The molecule has 0 fully saturated rings. The molecular weight excluding hydrogens is 619 g/mol. The van der Waals surface area contributed by atoms with Crippen molar-refractivity contribution in [1.82, 2.24) is 4.57 Å². The highest BCUT2D eigenvalue weighted by atomic mass is 32.2. The van der Waals surface area contributed by atoms with E-state index < -0.39 is 70.0 Å². The first kappa shape index (κ1) is 30.7. The molecule has 1 atom stereocenters. The monoisotopic (exact) mass is 639 g/mol. The predicted molar refractivity (Wildman–Crippen MR) is 149 cm³/mol. The molecule has 0 saturated heterocycles. The first-order valence-electron chi connectivity index (χ1n) is 12.6. The van der Waals surface area contributed by atoms with Gasteiger partial charge in [0.25, 0.3) is 5.56 Å². The molecule has 0 aliphatic carbocycles. The second kappa shape index (κ2) is 12.1. The van der Waals surface area contributed by atoms with Gasteiger partial charge in [-0.05, 0) is 60.1 Å². The Morgan fingerprint density at radius 2 is 1.72 bits per heavy atom. The van der Waals surface area contributed by atoms with Crippen molar-refractivity contribution in [2.45, 2.75) is 42.1 Å². The van der Waals surface area contributed by atoms with Gasteiger partial charge in [-0.2, -0.15) is 22.0 Å². The molecular formula is C30H20F7NO3S2. The minimum Gasteiger partial charge on any atom is -0.432 e. The SMILES string of the molecule is Cc1c(Cc2c(F)cccc2C(F)(F)F)c2n(c(=O)c1-c1cccc(OC(F)F)c1F)C(C(=O)Sc1ccccc1)CS2. The molecule has 3 aromatic carbocycles. The van der Waals surface area contributed by atoms with E-state index in [0.29, 0.717) is 4.90 Å². The molecule has 0 saturated carbocycles. The van der Waals surface area contributed by atoms with Crippen molar-refractivity contribution in [3.05, 3.63) is 111 Å². The Hall–Kier alpha value is -3.71. The fourth-order valence-corrected chi connectivity index (χ4v) is 7.27. The minimum absolute atomic E-state index is 0.0111. The third kappa shape index (κ3) is 6.05. The highest BCUT2D eigenvalue weighted by molar-refractivity contribution is 8.13. The van der Waals surface area contributed by atoms with Gasteiger partial charge in [-0.15, -0.1) is 11.8 Å². The first-order chi connectivity index (χ1) is 20.4. The number of carbonyl (C=O) groups excluding carboxylic acids is 1. The summed E-state index contributed by atoms with van der Waals surface area (Å²) in [7, 11) is 0. The molecule has 43 heavy (non-hydrogen) atoms. The highest BCUT2D eigenvalue weighted by Crippen LogP contribution is 2.44. The molecule has 2 heterocycles. The summed E-state index contributed by atoms with van der Waals surface area (Å²) in [4.78, 5) is 28.0. The molecule has 224 valence electrons. The highest BCUT2D eigenvalue weighted by Gasteiger charge is 2.38. The number of rotatable bonds is 7. The van der Waals surface area contributed by atoms with Crippen molar-refractivity contribution in [2.75, 3.05) is 5.75 Å².